The number of amides is 1. The fraction of sp³-hybridized carbons (Fsp3) is 0.519. The van der Waals surface area contributed by atoms with Crippen LogP contribution in [-0.2, 0) is 20.2 Å². The van der Waals surface area contributed by atoms with Crippen molar-refractivity contribution >= 4 is 21.6 Å². The highest BCUT2D eigenvalue weighted by Gasteiger charge is 2.60. The standard InChI is InChI=1S/C27H34N2O3S/c1-18-7-9-23(10-8-18)26-13-20-11-21(14-26)16-27(15-20,17-26)25(30)28-19(2)22-5-4-6-24(12-22)29-33(3,31)32/h4-10,12,19-21,29H,11,13-17H2,1-3H3,(H,28,30). The van der Waals surface area contributed by atoms with E-state index in [1.54, 1.807) is 12.1 Å². The summed E-state index contributed by atoms with van der Waals surface area (Å²) in [5, 5.41) is 3.30. The molecule has 33 heavy (non-hydrogen) atoms. The van der Waals surface area contributed by atoms with Gasteiger partial charge >= 0.3 is 0 Å². The van der Waals surface area contributed by atoms with E-state index in [1.807, 2.05) is 19.1 Å². The second-order valence-corrected chi connectivity index (χ2v) is 12.8. The van der Waals surface area contributed by atoms with Gasteiger partial charge < -0.3 is 5.32 Å². The fourth-order valence-electron chi connectivity index (χ4n) is 7.29. The van der Waals surface area contributed by atoms with Crippen molar-refractivity contribution in [2.24, 2.45) is 17.3 Å². The summed E-state index contributed by atoms with van der Waals surface area (Å²) in [6.45, 7) is 4.11. The molecule has 2 aromatic carbocycles. The summed E-state index contributed by atoms with van der Waals surface area (Å²) in [6, 6.07) is 16.1. The summed E-state index contributed by atoms with van der Waals surface area (Å²) in [6.07, 6.45) is 7.73. The predicted molar refractivity (Wildman–Crippen MR) is 131 cm³/mol. The van der Waals surface area contributed by atoms with Gasteiger partial charge in [0.25, 0.3) is 0 Å². The van der Waals surface area contributed by atoms with Crippen molar-refractivity contribution in [1.82, 2.24) is 5.32 Å². The lowest BCUT2D eigenvalue weighted by Crippen LogP contribution is -2.59. The molecule has 0 saturated heterocycles. The van der Waals surface area contributed by atoms with Crippen LogP contribution in [0.25, 0.3) is 0 Å². The van der Waals surface area contributed by atoms with Crippen molar-refractivity contribution in [2.75, 3.05) is 11.0 Å². The lowest BCUT2D eigenvalue weighted by atomic mass is 9.42. The molecule has 4 fully saturated rings. The number of hydrogen-bond acceptors (Lipinski definition) is 3. The maximum absolute atomic E-state index is 13.8. The highest BCUT2D eigenvalue weighted by Crippen LogP contribution is 2.65. The number of aryl methyl sites for hydroxylation is 1. The van der Waals surface area contributed by atoms with Gasteiger partial charge in [-0.2, -0.15) is 0 Å². The summed E-state index contributed by atoms with van der Waals surface area (Å²) in [5.41, 5.74) is 3.92. The van der Waals surface area contributed by atoms with Gasteiger partial charge in [0.2, 0.25) is 15.9 Å². The van der Waals surface area contributed by atoms with Gasteiger partial charge in [-0.25, -0.2) is 8.42 Å². The zero-order chi connectivity index (χ0) is 23.4. The molecule has 0 spiro atoms. The maximum Gasteiger partial charge on any atom is 0.229 e. The third kappa shape index (κ3) is 4.30. The van der Waals surface area contributed by atoms with E-state index in [0.717, 1.165) is 31.1 Å². The summed E-state index contributed by atoms with van der Waals surface area (Å²) >= 11 is 0. The molecule has 6 heteroatoms. The zero-order valence-electron chi connectivity index (χ0n) is 19.7. The number of benzene rings is 2. The van der Waals surface area contributed by atoms with Crippen LogP contribution in [0.4, 0.5) is 5.69 Å². The lowest BCUT2D eigenvalue weighted by Gasteiger charge is -2.61. The van der Waals surface area contributed by atoms with Gasteiger partial charge in [0.15, 0.2) is 0 Å². The largest absolute Gasteiger partial charge is 0.349 e. The normalized spacial score (nSPS) is 31.2. The van der Waals surface area contributed by atoms with Gasteiger partial charge in [-0.1, -0.05) is 42.0 Å². The third-order valence-corrected chi connectivity index (χ3v) is 8.85. The van der Waals surface area contributed by atoms with E-state index in [1.165, 1.54) is 30.4 Å². The first-order valence-corrected chi connectivity index (χ1v) is 13.9. The number of sulfonamides is 1. The summed E-state index contributed by atoms with van der Waals surface area (Å²) in [4.78, 5) is 13.8. The van der Waals surface area contributed by atoms with Crippen molar-refractivity contribution in [1.29, 1.82) is 0 Å². The molecule has 0 aliphatic heterocycles. The third-order valence-electron chi connectivity index (χ3n) is 8.24. The molecule has 2 N–H and O–H groups in total. The molecule has 3 unspecified atom stereocenters. The maximum atomic E-state index is 13.8. The Labute approximate surface area is 197 Å². The van der Waals surface area contributed by atoms with Crippen LogP contribution in [0.15, 0.2) is 48.5 Å². The van der Waals surface area contributed by atoms with E-state index in [9.17, 15) is 13.2 Å². The summed E-state index contributed by atoms with van der Waals surface area (Å²) in [5.74, 6) is 1.41. The van der Waals surface area contributed by atoms with E-state index >= 15 is 0 Å². The summed E-state index contributed by atoms with van der Waals surface area (Å²) in [7, 11) is -3.35. The van der Waals surface area contributed by atoms with Crippen LogP contribution >= 0.6 is 0 Å². The monoisotopic (exact) mass is 466 g/mol. The predicted octanol–water partition coefficient (Wildman–Crippen LogP) is 5.08. The van der Waals surface area contributed by atoms with Crippen molar-refractivity contribution in [3.8, 4) is 0 Å². The SMILES string of the molecule is Cc1ccc(C23CC4CC(CC(C(=O)NC(C)c5cccc(NS(C)(=O)=O)c5)(C4)C2)C3)cc1. The zero-order valence-corrected chi connectivity index (χ0v) is 20.5. The van der Waals surface area contributed by atoms with Crippen molar-refractivity contribution < 1.29 is 13.2 Å². The molecule has 6 rings (SSSR count). The quantitative estimate of drug-likeness (QED) is 0.623. The average Bonchev–Trinajstić information content (AvgIpc) is 2.72. The number of hydrogen-bond donors (Lipinski definition) is 2. The number of nitrogens with one attached hydrogen (secondary N) is 2. The molecule has 0 radical (unpaired) electrons. The van der Waals surface area contributed by atoms with E-state index in [2.05, 4.69) is 41.2 Å². The van der Waals surface area contributed by atoms with Gasteiger partial charge in [0.1, 0.15) is 0 Å². The second-order valence-electron chi connectivity index (χ2n) is 11.1. The Morgan fingerprint density at radius 2 is 1.70 bits per heavy atom. The molecule has 4 aliphatic carbocycles. The van der Waals surface area contributed by atoms with Crippen LogP contribution < -0.4 is 10.0 Å². The number of carbonyl (C=O) groups is 1. The highest BCUT2D eigenvalue weighted by atomic mass is 32.2. The van der Waals surface area contributed by atoms with E-state index in [0.29, 0.717) is 17.5 Å². The molecular weight excluding hydrogens is 432 g/mol. The number of anilines is 1. The molecule has 176 valence electrons. The molecule has 5 nitrogen and oxygen atoms in total. The second kappa shape index (κ2) is 7.86. The Balaban J connectivity index is 1.37. The number of rotatable bonds is 6. The molecule has 1 amide bonds. The van der Waals surface area contributed by atoms with Crippen LogP contribution in [0, 0.1) is 24.2 Å². The molecule has 3 atom stereocenters. The summed E-state index contributed by atoms with van der Waals surface area (Å²) < 4.78 is 25.7. The van der Waals surface area contributed by atoms with Gasteiger partial charge in [-0.3, -0.25) is 9.52 Å². The highest BCUT2D eigenvalue weighted by molar-refractivity contribution is 7.92. The minimum Gasteiger partial charge on any atom is -0.349 e. The van der Waals surface area contributed by atoms with E-state index in [-0.39, 0.29) is 22.8 Å². The van der Waals surface area contributed by atoms with Crippen LogP contribution in [-0.4, -0.2) is 20.6 Å². The Morgan fingerprint density at radius 1 is 1.03 bits per heavy atom. The first-order valence-electron chi connectivity index (χ1n) is 12.0. The molecule has 4 saturated carbocycles. The van der Waals surface area contributed by atoms with Crippen molar-refractivity contribution in [2.45, 2.75) is 63.8 Å². The minimum atomic E-state index is -3.35. The Bertz CT molecular complexity index is 1160. The Morgan fingerprint density at radius 3 is 2.33 bits per heavy atom. The first kappa shape index (κ1) is 22.5. The lowest BCUT2D eigenvalue weighted by molar-refractivity contribution is -0.149. The fourth-order valence-corrected chi connectivity index (χ4v) is 7.85. The molecule has 0 aromatic heterocycles. The van der Waals surface area contributed by atoms with Gasteiger partial charge in [0.05, 0.1) is 17.7 Å². The van der Waals surface area contributed by atoms with Gasteiger partial charge in [-0.15, -0.1) is 0 Å². The molecule has 2 aromatic rings. The van der Waals surface area contributed by atoms with Crippen LogP contribution in [0.1, 0.15) is 68.2 Å². The van der Waals surface area contributed by atoms with Crippen LogP contribution in [0.5, 0.6) is 0 Å². The van der Waals surface area contributed by atoms with Crippen molar-refractivity contribution in [3.05, 3.63) is 65.2 Å². The minimum absolute atomic E-state index is 0.123. The van der Waals surface area contributed by atoms with E-state index < -0.39 is 10.0 Å². The van der Waals surface area contributed by atoms with Crippen LogP contribution in [0.2, 0.25) is 0 Å². The Hall–Kier alpha value is -2.34. The topological polar surface area (TPSA) is 75.3 Å². The first-order chi connectivity index (χ1) is 15.6. The number of carbonyl (C=O) groups excluding carboxylic acids is 1. The van der Waals surface area contributed by atoms with Crippen molar-refractivity contribution in [3.63, 3.8) is 0 Å². The molecule has 4 aliphatic rings. The molecule has 4 bridgehead atoms. The molecule has 0 heterocycles. The van der Waals surface area contributed by atoms with Gasteiger partial charge in [0, 0.05) is 5.69 Å². The smallest absolute Gasteiger partial charge is 0.229 e. The van der Waals surface area contributed by atoms with Gasteiger partial charge in [-0.05, 0) is 92.9 Å². The van der Waals surface area contributed by atoms with E-state index in [4.69, 9.17) is 0 Å². The molecular formula is C27H34N2O3S. The van der Waals surface area contributed by atoms with Crippen LogP contribution in [0.3, 0.4) is 0 Å². The average molecular weight is 467 g/mol. The Kier molecular flexibility index (Phi) is 5.35.